The van der Waals surface area contributed by atoms with Crippen molar-refractivity contribution in [3.63, 3.8) is 0 Å². The summed E-state index contributed by atoms with van der Waals surface area (Å²) >= 11 is 0. The molecule has 96 valence electrons. The van der Waals surface area contributed by atoms with Gasteiger partial charge in [-0.25, -0.2) is 0 Å². The quantitative estimate of drug-likeness (QED) is 0.791. The molecule has 18 heavy (non-hydrogen) atoms. The Bertz CT molecular complexity index is 491. The zero-order valence-electron chi connectivity index (χ0n) is 10.6. The van der Waals surface area contributed by atoms with Gasteiger partial charge in [-0.05, 0) is 31.5 Å². The van der Waals surface area contributed by atoms with E-state index < -0.39 is 5.54 Å². The maximum atomic E-state index is 11.8. The van der Waals surface area contributed by atoms with Crippen molar-refractivity contribution < 1.29 is 9.59 Å². The SMILES string of the molecule is CC(C)(N)c1cccc(N2CC(=O)NCC2=O)c1. The molecule has 1 fully saturated rings. The Kier molecular flexibility index (Phi) is 3.09. The Hall–Kier alpha value is -1.88. The zero-order chi connectivity index (χ0) is 13.3. The summed E-state index contributed by atoms with van der Waals surface area (Å²) in [4.78, 5) is 24.6. The number of carbonyl (C=O) groups excluding carboxylic acids is 2. The first-order valence-electron chi connectivity index (χ1n) is 5.84. The van der Waals surface area contributed by atoms with Crippen molar-refractivity contribution >= 4 is 17.5 Å². The molecule has 0 saturated carbocycles. The van der Waals surface area contributed by atoms with Crippen LogP contribution in [0.2, 0.25) is 0 Å². The van der Waals surface area contributed by atoms with Crippen LogP contribution in [0.25, 0.3) is 0 Å². The number of anilines is 1. The van der Waals surface area contributed by atoms with Crippen LogP contribution >= 0.6 is 0 Å². The Morgan fingerprint density at radius 2 is 2.06 bits per heavy atom. The van der Waals surface area contributed by atoms with Crippen LogP contribution in [0.1, 0.15) is 19.4 Å². The average molecular weight is 247 g/mol. The van der Waals surface area contributed by atoms with Crippen LogP contribution in [0.5, 0.6) is 0 Å². The Morgan fingerprint density at radius 3 is 2.72 bits per heavy atom. The fourth-order valence-corrected chi connectivity index (χ4v) is 1.87. The van der Waals surface area contributed by atoms with Gasteiger partial charge < -0.3 is 16.0 Å². The van der Waals surface area contributed by atoms with Crippen LogP contribution in [-0.2, 0) is 15.1 Å². The Balaban J connectivity index is 2.33. The summed E-state index contributed by atoms with van der Waals surface area (Å²) in [5, 5.41) is 2.52. The van der Waals surface area contributed by atoms with Crippen molar-refractivity contribution in [3.05, 3.63) is 29.8 Å². The van der Waals surface area contributed by atoms with Gasteiger partial charge in [-0.3, -0.25) is 9.59 Å². The number of hydrogen-bond acceptors (Lipinski definition) is 3. The summed E-state index contributed by atoms with van der Waals surface area (Å²) in [5.41, 5.74) is 7.20. The van der Waals surface area contributed by atoms with E-state index >= 15 is 0 Å². The summed E-state index contributed by atoms with van der Waals surface area (Å²) in [6.07, 6.45) is 0. The maximum absolute atomic E-state index is 11.8. The van der Waals surface area contributed by atoms with Gasteiger partial charge in [0.05, 0.1) is 6.54 Å². The number of amides is 2. The van der Waals surface area contributed by atoms with E-state index in [2.05, 4.69) is 5.32 Å². The minimum absolute atomic E-state index is 0.0507. The van der Waals surface area contributed by atoms with E-state index in [0.717, 1.165) is 5.56 Å². The first-order valence-corrected chi connectivity index (χ1v) is 5.84. The zero-order valence-corrected chi connectivity index (χ0v) is 10.6. The van der Waals surface area contributed by atoms with E-state index in [9.17, 15) is 9.59 Å². The molecule has 1 aliphatic heterocycles. The lowest BCUT2D eigenvalue weighted by Crippen LogP contribution is -2.51. The minimum atomic E-state index is -0.475. The van der Waals surface area contributed by atoms with E-state index in [1.165, 1.54) is 4.90 Å². The van der Waals surface area contributed by atoms with Crippen LogP contribution < -0.4 is 16.0 Å². The first-order chi connectivity index (χ1) is 8.38. The van der Waals surface area contributed by atoms with Crippen molar-refractivity contribution in [2.24, 2.45) is 5.73 Å². The van der Waals surface area contributed by atoms with E-state index in [1.807, 2.05) is 38.1 Å². The smallest absolute Gasteiger partial charge is 0.246 e. The molecule has 1 aliphatic rings. The van der Waals surface area contributed by atoms with Crippen molar-refractivity contribution in [3.8, 4) is 0 Å². The molecule has 5 heteroatoms. The van der Waals surface area contributed by atoms with Crippen LogP contribution in [0.15, 0.2) is 24.3 Å². The standard InChI is InChI=1S/C13H17N3O2/c1-13(2,14)9-4-3-5-10(6-9)16-8-11(17)15-7-12(16)18/h3-6H,7-8,14H2,1-2H3,(H,15,17). The molecule has 5 nitrogen and oxygen atoms in total. The second kappa shape index (κ2) is 4.42. The van der Waals surface area contributed by atoms with Crippen molar-refractivity contribution in [1.29, 1.82) is 0 Å². The highest BCUT2D eigenvalue weighted by Gasteiger charge is 2.25. The molecule has 3 N–H and O–H groups in total. The molecular weight excluding hydrogens is 230 g/mol. The van der Waals surface area contributed by atoms with Crippen LogP contribution in [-0.4, -0.2) is 24.9 Å². The highest BCUT2D eigenvalue weighted by molar-refractivity contribution is 6.04. The largest absolute Gasteiger partial charge is 0.345 e. The van der Waals surface area contributed by atoms with Crippen molar-refractivity contribution in [2.75, 3.05) is 18.0 Å². The van der Waals surface area contributed by atoms with Gasteiger partial charge in [-0.2, -0.15) is 0 Å². The third-order valence-electron chi connectivity index (χ3n) is 2.94. The van der Waals surface area contributed by atoms with E-state index in [1.54, 1.807) is 0 Å². The summed E-state index contributed by atoms with van der Waals surface area (Å²) in [6, 6.07) is 7.43. The van der Waals surface area contributed by atoms with E-state index in [4.69, 9.17) is 5.73 Å². The molecule has 0 radical (unpaired) electrons. The lowest BCUT2D eigenvalue weighted by molar-refractivity contribution is -0.128. The van der Waals surface area contributed by atoms with Crippen LogP contribution in [0.3, 0.4) is 0 Å². The van der Waals surface area contributed by atoms with Gasteiger partial charge in [0, 0.05) is 11.2 Å². The third kappa shape index (κ3) is 2.51. The number of piperazine rings is 1. The molecule has 0 aromatic heterocycles. The van der Waals surface area contributed by atoms with Gasteiger partial charge in [-0.1, -0.05) is 12.1 Å². The predicted molar refractivity (Wildman–Crippen MR) is 69.0 cm³/mol. The second-order valence-electron chi connectivity index (χ2n) is 5.03. The topological polar surface area (TPSA) is 75.4 Å². The van der Waals surface area contributed by atoms with Gasteiger partial charge >= 0.3 is 0 Å². The summed E-state index contributed by atoms with van der Waals surface area (Å²) in [6.45, 7) is 3.91. The lowest BCUT2D eigenvalue weighted by Gasteiger charge is -2.28. The van der Waals surface area contributed by atoms with Crippen LogP contribution in [0.4, 0.5) is 5.69 Å². The number of nitrogens with zero attached hydrogens (tertiary/aromatic N) is 1. The van der Waals surface area contributed by atoms with Gasteiger partial charge in [0.25, 0.3) is 0 Å². The molecule has 0 bridgehead atoms. The number of rotatable bonds is 2. The lowest BCUT2D eigenvalue weighted by atomic mass is 9.95. The second-order valence-corrected chi connectivity index (χ2v) is 5.03. The minimum Gasteiger partial charge on any atom is -0.345 e. The van der Waals surface area contributed by atoms with E-state index in [-0.39, 0.29) is 24.9 Å². The molecule has 2 amide bonds. The Labute approximate surface area is 106 Å². The molecule has 0 spiro atoms. The number of hydrogen-bond donors (Lipinski definition) is 2. The van der Waals surface area contributed by atoms with Gasteiger partial charge in [-0.15, -0.1) is 0 Å². The summed E-state index contributed by atoms with van der Waals surface area (Å²) < 4.78 is 0. The van der Waals surface area contributed by atoms with Gasteiger partial charge in [0.2, 0.25) is 11.8 Å². The number of nitrogens with one attached hydrogen (secondary N) is 1. The molecule has 1 aromatic rings. The molecule has 1 aromatic carbocycles. The van der Waals surface area contributed by atoms with Crippen molar-refractivity contribution in [1.82, 2.24) is 5.32 Å². The molecule has 0 unspecified atom stereocenters. The molecule has 0 aliphatic carbocycles. The first kappa shape index (κ1) is 12.6. The average Bonchev–Trinajstić information content (AvgIpc) is 2.31. The Morgan fingerprint density at radius 1 is 1.33 bits per heavy atom. The monoisotopic (exact) mass is 247 g/mol. The number of benzene rings is 1. The molecule has 0 atom stereocenters. The number of nitrogens with two attached hydrogens (primary N) is 1. The van der Waals surface area contributed by atoms with E-state index in [0.29, 0.717) is 5.69 Å². The van der Waals surface area contributed by atoms with Gasteiger partial charge in [0.1, 0.15) is 6.54 Å². The van der Waals surface area contributed by atoms with Gasteiger partial charge in [0.15, 0.2) is 0 Å². The molecule has 1 saturated heterocycles. The summed E-state index contributed by atoms with van der Waals surface area (Å²) in [5.74, 6) is -0.256. The summed E-state index contributed by atoms with van der Waals surface area (Å²) in [7, 11) is 0. The highest BCUT2D eigenvalue weighted by atomic mass is 16.2. The number of carbonyl (C=O) groups is 2. The maximum Gasteiger partial charge on any atom is 0.246 e. The fraction of sp³-hybridized carbons (Fsp3) is 0.385. The fourth-order valence-electron chi connectivity index (χ4n) is 1.87. The highest BCUT2D eigenvalue weighted by Crippen LogP contribution is 2.23. The molecule has 1 heterocycles. The molecule has 2 rings (SSSR count). The third-order valence-corrected chi connectivity index (χ3v) is 2.94. The normalized spacial score (nSPS) is 16.7. The van der Waals surface area contributed by atoms with Crippen LogP contribution in [0, 0.1) is 0 Å². The predicted octanol–water partition coefficient (Wildman–Crippen LogP) is 0.343. The molecular formula is C13H17N3O2. The van der Waals surface area contributed by atoms with Crippen molar-refractivity contribution in [2.45, 2.75) is 19.4 Å².